The second-order valence-electron chi connectivity index (χ2n) is 11.3. The van der Waals surface area contributed by atoms with Crippen LogP contribution in [0.15, 0.2) is 66.4 Å². The first-order chi connectivity index (χ1) is 18.7. The van der Waals surface area contributed by atoms with E-state index in [1.54, 1.807) is 9.58 Å². The van der Waals surface area contributed by atoms with Gasteiger partial charge in [-0.25, -0.2) is 4.68 Å². The molecule has 2 fully saturated rings. The highest BCUT2D eigenvalue weighted by molar-refractivity contribution is 6.46. The zero-order valence-corrected chi connectivity index (χ0v) is 23.1. The number of carbonyl (C=O) groups is 2. The van der Waals surface area contributed by atoms with Crippen molar-refractivity contribution in [3.8, 4) is 5.69 Å². The number of quaternary nitrogens is 1. The molecule has 2 aliphatic heterocycles. The minimum Gasteiger partial charge on any atom is -0.872 e. The number of rotatable bonds is 6. The number of ether oxygens (including phenoxy) is 1. The third-order valence-corrected chi connectivity index (χ3v) is 7.78. The van der Waals surface area contributed by atoms with Crippen LogP contribution in [0.1, 0.15) is 49.2 Å². The molecule has 204 valence electrons. The van der Waals surface area contributed by atoms with Crippen LogP contribution in [0.4, 0.5) is 0 Å². The van der Waals surface area contributed by atoms with Gasteiger partial charge < -0.3 is 19.6 Å². The van der Waals surface area contributed by atoms with Gasteiger partial charge in [0, 0.05) is 16.8 Å². The second kappa shape index (κ2) is 10.8. The first-order valence-corrected chi connectivity index (χ1v) is 13.6. The van der Waals surface area contributed by atoms with Gasteiger partial charge in [-0.3, -0.25) is 9.59 Å². The molecule has 8 heteroatoms. The number of nitrogens with zero attached hydrogens (tertiary/aromatic N) is 3. The smallest absolute Gasteiger partial charge is 0.295 e. The summed E-state index contributed by atoms with van der Waals surface area (Å²) in [6, 6.07) is 16.7. The third-order valence-electron chi connectivity index (χ3n) is 7.78. The van der Waals surface area contributed by atoms with Gasteiger partial charge in [0.1, 0.15) is 13.1 Å². The van der Waals surface area contributed by atoms with Crippen molar-refractivity contribution in [2.24, 2.45) is 0 Å². The molecular weight excluding hydrogens is 492 g/mol. The largest absolute Gasteiger partial charge is 0.872 e. The van der Waals surface area contributed by atoms with Crippen molar-refractivity contribution in [2.75, 3.05) is 39.4 Å². The third kappa shape index (κ3) is 5.27. The molecule has 0 radical (unpaired) electrons. The lowest BCUT2D eigenvalue weighted by atomic mass is 9.85. The normalized spacial score (nSPS) is 20.1. The van der Waals surface area contributed by atoms with Crippen molar-refractivity contribution in [2.45, 2.75) is 39.2 Å². The Morgan fingerprint density at radius 3 is 2.36 bits per heavy atom. The lowest BCUT2D eigenvalue weighted by molar-refractivity contribution is -0.907. The molecule has 1 atom stereocenters. The number of nitrogens with one attached hydrogen (secondary N) is 1. The van der Waals surface area contributed by atoms with Gasteiger partial charge in [0.15, 0.2) is 0 Å². The predicted octanol–water partition coefficient (Wildman–Crippen LogP) is 1.62. The molecule has 0 aliphatic carbocycles. The van der Waals surface area contributed by atoms with Crippen molar-refractivity contribution in [3.63, 3.8) is 0 Å². The van der Waals surface area contributed by atoms with Gasteiger partial charge in [-0.15, -0.1) is 0 Å². The first kappa shape index (κ1) is 26.8. The Morgan fingerprint density at radius 2 is 1.72 bits per heavy atom. The number of Topliss-reactive ketones (excluding diaryl/α,β-unsaturated/α-hetero) is 1. The summed E-state index contributed by atoms with van der Waals surface area (Å²) in [6.07, 6.45) is 1.50. The Kier molecular flexibility index (Phi) is 7.42. The van der Waals surface area contributed by atoms with Gasteiger partial charge in [0.25, 0.3) is 5.91 Å². The fourth-order valence-electron chi connectivity index (χ4n) is 5.41. The molecule has 5 rings (SSSR count). The molecule has 0 bridgehead atoms. The molecule has 2 aromatic carbocycles. The van der Waals surface area contributed by atoms with Gasteiger partial charge in [-0.05, 0) is 35.6 Å². The summed E-state index contributed by atoms with van der Waals surface area (Å²) in [5.74, 6) is -1.79. The summed E-state index contributed by atoms with van der Waals surface area (Å²) in [4.78, 5) is 29.8. The molecule has 1 unspecified atom stereocenters. The maximum absolute atomic E-state index is 14.0. The Morgan fingerprint density at radius 1 is 1.05 bits per heavy atom. The Labute approximate surface area is 229 Å². The van der Waals surface area contributed by atoms with Crippen LogP contribution in [0.25, 0.3) is 11.4 Å². The van der Waals surface area contributed by atoms with Gasteiger partial charge in [0.05, 0.1) is 44.2 Å². The molecule has 1 aromatic heterocycles. The molecule has 3 aromatic rings. The predicted molar refractivity (Wildman–Crippen MR) is 146 cm³/mol. The summed E-state index contributed by atoms with van der Waals surface area (Å²) in [5, 5.41) is 18.5. The number of hydrogen-bond donors (Lipinski definition) is 1. The molecular formula is C31H36N4O4. The molecule has 3 heterocycles. The lowest BCUT2D eigenvalue weighted by Gasteiger charge is -2.30. The highest BCUT2D eigenvalue weighted by atomic mass is 16.5. The maximum atomic E-state index is 14.0. The van der Waals surface area contributed by atoms with E-state index in [1.807, 2.05) is 61.5 Å². The number of morpholine rings is 1. The van der Waals surface area contributed by atoms with E-state index in [1.165, 1.54) is 11.1 Å². The van der Waals surface area contributed by atoms with Gasteiger partial charge >= 0.3 is 0 Å². The average molecular weight is 529 g/mol. The number of amides is 1. The molecule has 1 amide bonds. The average Bonchev–Trinajstić information content (AvgIpc) is 3.44. The standard InChI is InChI=1S/C31H36N4O4/c1-21-25(20-32-35(21)24-8-6-5-7-9-24)28(36)26-27(22-10-12-23(13-11-22)31(2,3)4)34(30(38)29(26)37)15-14-33-16-18-39-19-17-33/h5-13,20,27,36H,14-19H2,1-4H3/b28-26+. The molecule has 1 N–H and O–H groups in total. The van der Waals surface area contributed by atoms with E-state index >= 15 is 0 Å². The van der Waals surface area contributed by atoms with Crippen LogP contribution in [0.5, 0.6) is 0 Å². The first-order valence-electron chi connectivity index (χ1n) is 13.6. The minimum absolute atomic E-state index is 0.00352. The number of ketones is 1. The van der Waals surface area contributed by atoms with E-state index in [2.05, 4.69) is 25.9 Å². The number of aromatic nitrogens is 2. The van der Waals surface area contributed by atoms with Gasteiger partial charge in [-0.1, -0.05) is 69.0 Å². The second-order valence-corrected chi connectivity index (χ2v) is 11.3. The minimum atomic E-state index is -0.744. The summed E-state index contributed by atoms with van der Waals surface area (Å²) >= 11 is 0. The van der Waals surface area contributed by atoms with Gasteiger partial charge in [-0.2, -0.15) is 5.10 Å². The van der Waals surface area contributed by atoms with E-state index in [-0.39, 0.29) is 11.0 Å². The summed E-state index contributed by atoms with van der Waals surface area (Å²) in [7, 11) is 0. The fourth-order valence-corrected chi connectivity index (χ4v) is 5.41. The van der Waals surface area contributed by atoms with E-state index < -0.39 is 23.5 Å². The van der Waals surface area contributed by atoms with Crippen molar-refractivity contribution in [3.05, 3.63) is 88.8 Å². The van der Waals surface area contributed by atoms with Crippen LogP contribution in [0.3, 0.4) is 0 Å². The number of benzene rings is 2. The van der Waals surface area contributed by atoms with E-state index in [0.29, 0.717) is 37.6 Å². The molecule has 0 spiro atoms. The molecule has 2 saturated heterocycles. The van der Waals surface area contributed by atoms with Crippen molar-refractivity contribution in [1.82, 2.24) is 14.7 Å². The molecule has 39 heavy (non-hydrogen) atoms. The monoisotopic (exact) mass is 528 g/mol. The molecule has 8 nitrogen and oxygen atoms in total. The number of carbonyl (C=O) groups excluding carboxylic acids is 2. The van der Waals surface area contributed by atoms with Crippen molar-refractivity contribution >= 4 is 17.4 Å². The van der Waals surface area contributed by atoms with E-state index in [4.69, 9.17) is 4.74 Å². The SMILES string of the molecule is Cc1c(/C([O-])=C2\C(=O)C(=O)N(CC[NH+]3CCOCC3)C2c2ccc(C(C)(C)C)cc2)cnn1-c1ccccc1. The zero-order valence-electron chi connectivity index (χ0n) is 23.1. The van der Waals surface area contributed by atoms with Crippen molar-refractivity contribution in [1.29, 1.82) is 0 Å². The summed E-state index contributed by atoms with van der Waals surface area (Å²) < 4.78 is 7.15. The summed E-state index contributed by atoms with van der Waals surface area (Å²) in [6.45, 7) is 12.4. The number of likely N-dealkylation sites (tertiary alicyclic amines) is 1. The van der Waals surface area contributed by atoms with Crippen molar-refractivity contribution < 1.29 is 24.3 Å². The topological polar surface area (TPSA) is 91.9 Å². The highest BCUT2D eigenvalue weighted by Gasteiger charge is 2.44. The zero-order chi connectivity index (χ0) is 27.7. The lowest BCUT2D eigenvalue weighted by Crippen LogP contribution is -3.14. The van der Waals surface area contributed by atoms with Gasteiger partial charge in [0.2, 0.25) is 5.78 Å². The van der Waals surface area contributed by atoms with Crippen LogP contribution >= 0.6 is 0 Å². The van der Waals surface area contributed by atoms with Crippen LogP contribution < -0.4 is 10.0 Å². The van der Waals surface area contributed by atoms with Crippen LogP contribution in [-0.4, -0.2) is 65.8 Å². The summed E-state index contributed by atoms with van der Waals surface area (Å²) in [5.41, 5.74) is 3.61. The van der Waals surface area contributed by atoms with E-state index in [9.17, 15) is 14.7 Å². The molecule has 2 aliphatic rings. The maximum Gasteiger partial charge on any atom is 0.295 e. The fraction of sp³-hybridized carbons (Fsp3) is 0.387. The number of hydrogen-bond acceptors (Lipinski definition) is 5. The van der Waals surface area contributed by atoms with Crippen LogP contribution in [-0.2, 0) is 19.7 Å². The Balaban J connectivity index is 1.56. The quantitative estimate of drug-likeness (QED) is 0.298. The Bertz CT molecular complexity index is 1380. The Hall–Kier alpha value is -3.75. The van der Waals surface area contributed by atoms with E-state index in [0.717, 1.165) is 29.9 Å². The number of para-hydroxylation sites is 1. The highest BCUT2D eigenvalue weighted by Crippen LogP contribution is 2.39. The van der Waals surface area contributed by atoms with Crippen LogP contribution in [0.2, 0.25) is 0 Å². The molecule has 0 saturated carbocycles. The van der Waals surface area contributed by atoms with Crippen LogP contribution in [0, 0.1) is 6.92 Å².